The van der Waals surface area contributed by atoms with Gasteiger partial charge in [-0.2, -0.15) is 0 Å². The number of aryl methyl sites for hydroxylation is 1. The molecular weight excluding hydrogens is 300 g/mol. The Morgan fingerprint density at radius 3 is 2.78 bits per heavy atom. The van der Waals surface area contributed by atoms with Crippen LogP contribution in [0.5, 0.6) is 5.75 Å². The number of hydrogen-bond acceptors (Lipinski definition) is 6. The van der Waals surface area contributed by atoms with Crippen molar-refractivity contribution in [2.24, 2.45) is 0 Å². The molecule has 8 nitrogen and oxygen atoms in total. The van der Waals surface area contributed by atoms with Crippen LogP contribution in [0, 0.1) is 0 Å². The van der Waals surface area contributed by atoms with Crippen molar-refractivity contribution in [2.45, 2.75) is 13.5 Å². The molecule has 0 atom stereocenters. The number of nitrogens with one attached hydrogen (secondary N) is 1. The molecule has 0 saturated carbocycles. The summed E-state index contributed by atoms with van der Waals surface area (Å²) in [5, 5.41) is 10.2. The van der Waals surface area contributed by atoms with E-state index in [0.717, 1.165) is 0 Å². The molecule has 118 valence electrons. The van der Waals surface area contributed by atoms with Crippen LogP contribution in [0.3, 0.4) is 0 Å². The first-order valence-electron chi connectivity index (χ1n) is 6.95. The Hall–Kier alpha value is -3.16. The van der Waals surface area contributed by atoms with E-state index in [9.17, 15) is 9.59 Å². The number of pyridine rings is 1. The van der Waals surface area contributed by atoms with Crippen molar-refractivity contribution in [2.75, 3.05) is 12.4 Å². The first-order chi connectivity index (χ1) is 11.1. The molecule has 23 heavy (non-hydrogen) atoms. The predicted octanol–water partition coefficient (Wildman–Crippen LogP) is 1.67. The molecule has 0 spiro atoms. The van der Waals surface area contributed by atoms with E-state index in [4.69, 9.17) is 9.37 Å². The van der Waals surface area contributed by atoms with Crippen LogP contribution in [0.2, 0.25) is 0 Å². The summed E-state index contributed by atoms with van der Waals surface area (Å²) < 4.78 is 11.4. The Kier molecular flexibility index (Phi) is 3.80. The van der Waals surface area contributed by atoms with E-state index in [1.807, 2.05) is 6.92 Å². The van der Waals surface area contributed by atoms with Crippen LogP contribution in [-0.2, 0) is 6.54 Å². The van der Waals surface area contributed by atoms with Gasteiger partial charge in [0.2, 0.25) is 0 Å². The number of amides is 1. The second kappa shape index (κ2) is 5.91. The smallest absolute Gasteiger partial charge is 0.255 e. The summed E-state index contributed by atoms with van der Waals surface area (Å²) in [7, 11) is 1.50. The first kappa shape index (κ1) is 14.8. The first-order valence-corrected chi connectivity index (χ1v) is 6.95. The molecule has 0 saturated heterocycles. The number of benzene rings is 1. The zero-order valence-electron chi connectivity index (χ0n) is 12.6. The Morgan fingerprint density at radius 1 is 1.30 bits per heavy atom. The molecule has 0 unspecified atom stereocenters. The Morgan fingerprint density at radius 2 is 2.09 bits per heavy atom. The lowest BCUT2D eigenvalue weighted by Crippen LogP contribution is -2.21. The van der Waals surface area contributed by atoms with Gasteiger partial charge >= 0.3 is 0 Å². The molecule has 0 aliphatic rings. The number of anilines is 1. The fraction of sp³-hybridized carbons (Fsp3) is 0.200. The minimum Gasteiger partial charge on any atom is -0.494 e. The summed E-state index contributed by atoms with van der Waals surface area (Å²) in [4.78, 5) is 24.1. The minimum atomic E-state index is -0.417. The normalized spacial score (nSPS) is 10.7. The number of hydrogen-bond donors (Lipinski definition) is 1. The van der Waals surface area contributed by atoms with E-state index in [2.05, 4.69) is 15.6 Å². The molecule has 1 N–H and O–H groups in total. The molecule has 2 heterocycles. The third-order valence-corrected chi connectivity index (χ3v) is 3.45. The van der Waals surface area contributed by atoms with Crippen LogP contribution >= 0.6 is 0 Å². The van der Waals surface area contributed by atoms with E-state index < -0.39 is 5.91 Å². The lowest BCUT2D eigenvalue weighted by molar-refractivity contribution is 0.102. The van der Waals surface area contributed by atoms with Crippen LogP contribution in [0.15, 0.2) is 39.9 Å². The van der Waals surface area contributed by atoms with Gasteiger partial charge in [-0.15, -0.1) is 0 Å². The van der Waals surface area contributed by atoms with Crippen molar-refractivity contribution in [3.8, 4) is 5.75 Å². The summed E-state index contributed by atoms with van der Waals surface area (Å²) in [6.45, 7) is 2.40. The van der Waals surface area contributed by atoms with Crippen LogP contribution < -0.4 is 15.6 Å². The third kappa shape index (κ3) is 2.66. The topological polar surface area (TPSA) is 99.2 Å². The highest BCUT2D eigenvalue weighted by atomic mass is 16.6. The lowest BCUT2D eigenvalue weighted by Gasteiger charge is -2.07. The number of nitrogens with zero attached hydrogens (tertiary/aromatic N) is 3. The maximum Gasteiger partial charge on any atom is 0.255 e. The minimum absolute atomic E-state index is 0.233. The van der Waals surface area contributed by atoms with Gasteiger partial charge in [0, 0.05) is 24.4 Å². The maximum absolute atomic E-state index is 12.3. The quantitative estimate of drug-likeness (QED) is 0.786. The van der Waals surface area contributed by atoms with Crippen molar-refractivity contribution in [3.05, 3.63) is 46.4 Å². The molecule has 0 aliphatic heterocycles. The molecule has 1 amide bonds. The highest BCUT2D eigenvalue weighted by Gasteiger charge is 2.15. The number of carbonyl (C=O) groups excluding carboxylic acids is 1. The molecule has 0 radical (unpaired) electrons. The molecule has 3 rings (SSSR count). The number of aromatic nitrogens is 3. The number of fused-ring (bicyclic) bond motifs is 1. The second-order valence-electron chi connectivity index (χ2n) is 4.77. The average molecular weight is 314 g/mol. The largest absolute Gasteiger partial charge is 0.494 e. The Labute approximate surface area is 130 Å². The van der Waals surface area contributed by atoms with Crippen LogP contribution in [0.4, 0.5) is 5.69 Å². The van der Waals surface area contributed by atoms with E-state index in [1.54, 1.807) is 24.4 Å². The fourth-order valence-corrected chi connectivity index (χ4v) is 2.21. The van der Waals surface area contributed by atoms with Gasteiger partial charge in [0.15, 0.2) is 16.8 Å². The molecule has 1 aromatic carbocycles. The van der Waals surface area contributed by atoms with Crippen molar-refractivity contribution in [1.29, 1.82) is 0 Å². The Bertz CT molecular complexity index is 929. The molecule has 0 bridgehead atoms. The zero-order valence-corrected chi connectivity index (χ0v) is 12.6. The monoisotopic (exact) mass is 314 g/mol. The summed E-state index contributed by atoms with van der Waals surface area (Å²) in [5.41, 5.74) is 1.24. The van der Waals surface area contributed by atoms with Gasteiger partial charge in [-0.3, -0.25) is 9.59 Å². The summed E-state index contributed by atoms with van der Waals surface area (Å²) >= 11 is 0. The van der Waals surface area contributed by atoms with Gasteiger partial charge in [-0.1, -0.05) is 0 Å². The fourth-order valence-electron chi connectivity index (χ4n) is 2.21. The second-order valence-corrected chi connectivity index (χ2v) is 4.77. The molecule has 0 fully saturated rings. The predicted molar refractivity (Wildman–Crippen MR) is 82.7 cm³/mol. The number of rotatable bonds is 4. The molecule has 8 heteroatoms. The van der Waals surface area contributed by atoms with Crippen LogP contribution in [0.25, 0.3) is 11.0 Å². The van der Waals surface area contributed by atoms with Gasteiger partial charge in [0.1, 0.15) is 0 Å². The molecule has 0 aliphatic carbocycles. The molecule has 3 aromatic rings. The van der Waals surface area contributed by atoms with Gasteiger partial charge in [0.05, 0.1) is 12.8 Å². The Balaban J connectivity index is 1.93. The average Bonchev–Trinajstić information content (AvgIpc) is 3.05. The summed E-state index contributed by atoms with van der Waals surface area (Å²) in [5.74, 6) is 0.0737. The zero-order chi connectivity index (χ0) is 16.4. The number of methoxy groups -OCH3 is 1. The third-order valence-electron chi connectivity index (χ3n) is 3.45. The van der Waals surface area contributed by atoms with Gasteiger partial charge in [0.25, 0.3) is 11.5 Å². The number of ether oxygens (including phenoxy) is 1. The van der Waals surface area contributed by atoms with Crippen molar-refractivity contribution >= 4 is 22.6 Å². The molecular formula is C15H14N4O4. The SMILES string of the molecule is CCn1ccc(C(=O)Nc2ccc(OC)c3nonc23)cc1=O. The van der Waals surface area contributed by atoms with Gasteiger partial charge in [-0.25, -0.2) is 4.63 Å². The van der Waals surface area contributed by atoms with E-state index >= 15 is 0 Å². The van der Waals surface area contributed by atoms with Crippen molar-refractivity contribution in [1.82, 2.24) is 14.9 Å². The lowest BCUT2D eigenvalue weighted by atomic mass is 10.2. The maximum atomic E-state index is 12.3. The van der Waals surface area contributed by atoms with E-state index in [-0.39, 0.29) is 11.1 Å². The van der Waals surface area contributed by atoms with Crippen LogP contribution in [-0.4, -0.2) is 27.9 Å². The highest BCUT2D eigenvalue weighted by molar-refractivity contribution is 6.08. The molecule has 2 aromatic heterocycles. The van der Waals surface area contributed by atoms with E-state index in [0.29, 0.717) is 29.0 Å². The van der Waals surface area contributed by atoms with Crippen molar-refractivity contribution in [3.63, 3.8) is 0 Å². The standard InChI is InChI=1S/C15H14N4O4/c1-3-19-7-6-9(8-12(19)20)15(21)16-10-4-5-11(22-2)14-13(10)17-23-18-14/h4-8H,3H2,1-2H3,(H,16,21). The number of carbonyl (C=O) groups is 1. The van der Waals surface area contributed by atoms with Gasteiger partial charge < -0.3 is 14.6 Å². The summed E-state index contributed by atoms with van der Waals surface area (Å²) in [6, 6.07) is 6.16. The van der Waals surface area contributed by atoms with E-state index in [1.165, 1.54) is 17.7 Å². The van der Waals surface area contributed by atoms with Gasteiger partial charge in [-0.05, 0) is 35.4 Å². The van der Waals surface area contributed by atoms with Crippen molar-refractivity contribution < 1.29 is 14.2 Å². The summed E-state index contributed by atoms with van der Waals surface area (Å²) in [6.07, 6.45) is 1.58. The van der Waals surface area contributed by atoms with Crippen LogP contribution in [0.1, 0.15) is 17.3 Å². The highest BCUT2D eigenvalue weighted by Crippen LogP contribution is 2.28.